The van der Waals surface area contributed by atoms with Gasteiger partial charge < -0.3 is 13.9 Å². The monoisotopic (exact) mass is 302 g/mol. The Balaban J connectivity index is 2.51. The van der Waals surface area contributed by atoms with Gasteiger partial charge in [-0.15, -0.1) is 0 Å². The number of hydrogen-bond acceptors (Lipinski definition) is 5. The van der Waals surface area contributed by atoms with Crippen molar-refractivity contribution in [1.29, 1.82) is 0 Å². The number of ether oxygens (including phenoxy) is 2. The molecule has 1 heterocycles. The van der Waals surface area contributed by atoms with Crippen molar-refractivity contribution in [3.05, 3.63) is 41.2 Å². The van der Waals surface area contributed by atoms with Crippen LogP contribution in [0.2, 0.25) is 0 Å². The van der Waals surface area contributed by atoms with Crippen LogP contribution < -0.4 is 0 Å². The third-order valence-electron chi connectivity index (χ3n) is 3.32. The molecule has 0 bridgehead atoms. The zero-order chi connectivity index (χ0) is 16.3. The van der Waals surface area contributed by atoms with Crippen molar-refractivity contribution in [3.8, 4) is 0 Å². The van der Waals surface area contributed by atoms with E-state index in [1.807, 2.05) is 32.0 Å². The van der Waals surface area contributed by atoms with Gasteiger partial charge in [0.25, 0.3) is 0 Å². The Morgan fingerprint density at radius 3 is 2.50 bits per heavy atom. The van der Waals surface area contributed by atoms with Crippen molar-refractivity contribution in [2.45, 2.75) is 20.3 Å². The van der Waals surface area contributed by atoms with Gasteiger partial charge in [-0.1, -0.05) is 11.6 Å². The summed E-state index contributed by atoms with van der Waals surface area (Å²) < 4.78 is 15.1. The molecule has 0 aliphatic carbocycles. The summed E-state index contributed by atoms with van der Waals surface area (Å²) in [7, 11) is 2.57. The molecule has 0 aliphatic heterocycles. The molecule has 1 aromatic carbocycles. The van der Waals surface area contributed by atoms with Crippen LogP contribution in [-0.4, -0.2) is 26.2 Å². The quantitative estimate of drug-likeness (QED) is 0.641. The maximum absolute atomic E-state index is 11.5. The number of benzene rings is 1. The first kappa shape index (κ1) is 15.8. The summed E-state index contributed by atoms with van der Waals surface area (Å²) in [6.45, 7) is 3.95. The molecule has 116 valence electrons. The van der Waals surface area contributed by atoms with E-state index in [-0.39, 0.29) is 6.42 Å². The SMILES string of the molecule is COC(=O)/C=C(/CC(=O)OC)c1cc2cc(C)cc(C)c2o1. The Hall–Kier alpha value is -2.56. The van der Waals surface area contributed by atoms with Gasteiger partial charge in [0, 0.05) is 17.0 Å². The molecule has 0 spiro atoms. The number of methoxy groups -OCH3 is 2. The highest BCUT2D eigenvalue weighted by atomic mass is 16.5. The van der Waals surface area contributed by atoms with Crippen LogP contribution in [0, 0.1) is 13.8 Å². The van der Waals surface area contributed by atoms with E-state index in [2.05, 4.69) is 9.47 Å². The second-order valence-corrected chi connectivity index (χ2v) is 5.06. The molecule has 1 aromatic heterocycles. The van der Waals surface area contributed by atoms with E-state index in [1.165, 1.54) is 20.3 Å². The van der Waals surface area contributed by atoms with Crippen molar-refractivity contribution in [2.24, 2.45) is 0 Å². The number of rotatable bonds is 4. The maximum Gasteiger partial charge on any atom is 0.330 e. The lowest BCUT2D eigenvalue weighted by Crippen LogP contribution is -2.04. The second-order valence-electron chi connectivity index (χ2n) is 5.06. The van der Waals surface area contributed by atoms with Crippen molar-refractivity contribution in [2.75, 3.05) is 14.2 Å². The normalized spacial score (nSPS) is 11.5. The minimum atomic E-state index is -0.549. The molecule has 0 aliphatic rings. The number of carbonyl (C=O) groups is 2. The molecule has 22 heavy (non-hydrogen) atoms. The highest BCUT2D eigenvalue weighted by Crippen LogP contribution is 2.29. The summed E-state index contributed by atoms with van der Waals surface area (Å²) >= 11 is 0. The second kappa shape index (κ2) is 6.47. The van der Waals surface area contributed by atoms with Crippen LogP contribution in [0.4, 0.5) is 0 Å². The summed E-state index contributed by atoms with van der Waals surface area (Å²) in [6.07, 6.45) is 1.18. The van der Waals surface area contributed by atoms with Crippen LogP contribution in [0.25, 0.3) is 16.5 Å². The molecular weight excluding hydrogens is 284 g/mol. The Morgan fingerprint density at radius 2 is 1.86 bits per heavy atom. The fraction of sp³-hybridized carbons (Fsp3) is 0.294. The van der Waals surface area contributed by atoms with E-state index in [4.69, 9.17) is 4.42 Å². The number of carbonyl (C=O) groups excluding carboxylic acids is 2. The number of hydrogen-bond donors (Lipinski definition) is 0. The number of fused-ring (bicyclic) bond motifs is 1. The zero-order valence-electron chi connectivity index (χ0n) is 13.1. The van der Waals surface area contributed by atoms with E-state index in [1.54, 1.807) is 0 Å². The van der Waals surface area contributed by atoms with Crippen molar-refractivity contribution < 1.29 is 23.5 Å². The van der Waals surface area contributed by atoms with Gasteiger partial charge in [-0.25, -0.2) is 4.79 Å². The molecule has 0 amide bonds. The molecule has 0 fully saturated rings. The van der Waals surface area contributed by atoms with Gasteiger partial charge in [0.2, 0.25) is 0 Å². The largest absolute Gasteiger partial charge is 0.469 e. The molecular formula is C17H18O5. The van der Waals surface area contributed by atoms with E-state index < -0.39 is 11.9 Å². The zero-order valence-corrected chi connectivity index (χ0v) is 13.1. The molecule has 0 saturated heterocycles. The molecule has 0 saturated carbocycles. The van der Waals surface area contributed by atoms with Gasteiger partial charge in [0.1, 0.15) is 11.3 Å². The van der Waals surface area contributed by atoms with Crippen LogP contribution in [0.3, 0.4) is 0 Å². The standard InChI is InChI=1S/C17H18O5/c1-10-5-11(2)17-13(6-10)7-14(22-17)12(8-15(18)20-3)9-16(19)21-4/h5-8H,9H2,1-4H3/b12-8-. The summed E-state index contributed by atoms with van der Waals surface area (Å²) in [5, 5.41) is 0.924. The average Bonchev–Trinajstić information content (AvgIpc) is 2.90. The van der Waals surface area contributed by atoms with Crippen LogP contribution in [-0.2, 0) is 19.1 Å². The van der Waals surface area contributed by atoms with E-state index in [9.17, 15) is 9.59 Å². The first-order chi connectivity index (χ1) is 10.4. The molecule has 5 nitrogen and oxygen atoms in total. The molecule has 0 radical (unpaired) electrons. The van der Waals surface area contributed by atoms with Crippen LogP contribution >= 0.6 is 0 Å². The van der Waals surface area contributed by atoms with E-state index >= 15 is 0 Å². The first-order valence-electron chi connectivity index (χ1n) is 6.81. The van der Waals surface area contributed by atoms with Gasteiger partial charge >= 0.3 is 11.9 Å². The number of furan rings is 1. The summed E-state index contributed by atoms with van der Waals surface area (Å²) in [4.78, 5) is 23.1. The predicted molar refractivity (Wildman–Crippen MR) is 82.3 cm³/mol. The maximum atomic E-state index is 11.5. The van der Waals surface area contributed by atoms with Gasteiger partial charge in [-0.05, 0) is 31.5 Å². The van der Waals surface area contributed by atoms with Crippen molar-refractivity contribution >= 4 is 28.5 Å². The molecule has 0 unspecified atom stereocenters. The summed E-state index contributed by atoms with van der Waals surface area (Å²) in [5.74, 6) is -0.546. The Labute approximate surface area is 128 Å². The Morgan fingerprint density at radius 1 is 1.14 bits per heavy atom. The lowest BCUT2D eigenvalue weighted by molar-refractivity contribution is -0.139. The van der Waals surface area contributed by atoms with E-state index in [0.29, 0.717) is 11.3 Å². The van der Waals surface area contributed by atoms with Crippen LogP contribution in [0.5, 0.6) is 0 Å². The summed E-state index contributed by atoms with van der Waals surface area (Å²) in [6, 6.07) is 5.82. The number of esters is 2. The molecule has 2 rings (SSSR count). The van der Waals surface area contributed by atoms with Gasteiger partial charge in [-0.2, -0.15) is 0 Å². The Kier molecular flexibility index (Phi) is 4.65. The third-order valence-corrected chi connectivity index (χ3v) is 3.32. The van der Waals surface area contributed by atoms with Crippen molar-refractivity contribution in [3.63, 3.8) is 0 Å². The lowest BCUT2D eigenvalue weighted by atomic mass is 10.1. The van der Waals surface area contributed by atoms with E-state index in [0.717, 1.165) is 22.1 Å². The third kappa shape index (κ3) is 3.36. The van der Waals surface area contributed by atoms with Crippen molar-refractivity contribution in [1.82, 2.24) is 0 Å². The molecule has 0 N–H and O–H groups in total. The van der Waals surface area contributed by atoms with Gasteiger partial charge in [0.05, 0.1) is 20.6 Å². The van der Waals surface area contributed by atoms with Gasteiger partial charge in [-0.3, -0.25) is 4.79 Å². The molecule has 2 aromatic rings. The topological polar surface area (TPSA) is 65.7 Å². The minimum Gasteiger partial charge on any atom is -0.469 e. The number of aryl methyl sites for hydroxylation is 2. The smallest absolute Gasteiger partial charge is 0.330 e. The fourth-order valence-electron chi connectivity index (χ4n) is 2.31. The highest BCUT2D eigenvalue weighted by molar-refractivity contribution is 5.97. The minimum absolute atomic E-state index is 0.0660. The molecule has 5 heteroatoms. The predicted octanol–water partition coefficient (Wildman–Crippen LogP) is 3.17. The van der Waals surface area contributed by atoms with Crippen LogP contribution in [0.1, 0.15) is 23.3 Å². The highest BCUT2D eigenvalue weighted by Gasteiger charge is 2.16. The van der Waals surface area contributed by atoms with Crippen LogP contribution in [0.15, 0.2) is 28.7 Å². The van der Waals surface area contributed by atoms with Gasteiger partial charge in [0.15, 0.2) is 0 Å². The first-order valence-corrected chi connectivity index (χ1v) is 6.81. The Bertz CT molecular complexity index is 752. The lowest BCUT2D eigenvalue weighted by Gasteiger charge is -2.03. The molecule has 0 atom stereocenters. The summed E-state index contributed by atoms with van der Waals surface area (Å²) in [5.41, 5.74) is 3.27. The average molecular weight is 302 g/mol. The fourth-order valence-corrected chi connectivity index (χ4v) is 2.31.